The molecular formula is C19H22ClN3O4S2. The van der Waals surface area contributed by atoms with Gasteiger partial charge in [0.2, 0.25) is 0 Å². The van der Waals surface area contributed by atoms with Crippen molar-refractivity contribution in [2.24, 2.45) is 5.92 Å². The summed E-state index contributed by atoms with van der Waals surface area (Å²) < 4.78 is 5.76. The molecule has 0 aromatic carbocycles. The zero-order valence-electron chi connectivity index (χ0n) is 15.9. The molecular weight excluding hydrogens is 434 g/mol. The summed E-state index contributed by atoms with van der Waals surface area (Å²) in [7, 11) is 2.08. The summed E-state index contributed by atoms with van der Waals surface area (Å²) in [5.74, 6) is -0.285. The van der Waals surface area contributed by atoms with Gasteiger partial charge in [-0.15, -0.1) is 11.3 Å². The molecule has 2 N–H and O–H groups in total. The number of thiophene rings is 2. The summed E-state index contributed by atoms with van der Waals surface area (Å²) in [4.78, 5) is 31.1. The number of aliphatic hydroxyl groups is 1. The summed E-state index contributed by atoms with van der Waals surface area (Å²) in [6.45, 7) is 2.48. The van der Waals surface area contributed by atoms with Crippen molar-refractivity contribution in [2.75, 3.05) is 33.3 Å². The fraction of sp³-hybridized carbons (Fsp3) is 0.474. The highest BCUT2D eigenvalue weighted by atomic mass is 35.5. The van der Waals surface area contributed by atoms with Crippen LogP contribution in [-0.4, -0.2) is 66.2 Å². The summed E-state index contributed by atoms with van der Waals surface area (Å²) in [5.41, 5.74) is 1.25. The summed E-state index contributed by atoms with van der Waals surface area (Å²) in [6.07, 6.45) is 0.341. The molecule has 2 atom stereocenters. The number of amides is 2. The summed E-state index contributed by atoms with van der Waals surface area (Å²) >= 11 is 8.55. The lowest BCUT2D eigenvalue weighted by Crippen LogP contribution is -2.43. The SMILES string of the molecule is CN1CCc2cc(C(=O)N3CC(CO)[C@@H](NC(=O)Oc4ccc(Cl)s4)C3)sc2C1. The van der Waals surface area contributed by atoms with Gasteiger partial charge in [-0.3, -0.25) is 4.79 Å². The number of aliphatic hydroxyl groups excluding tert-OH is 1. The predicted molar refractivity (Wildman–Crippen MR) is 113 cm³/mol. The number of carbonyl (C=O) groups excluding carboxylic acids is 2. The molecule has 1 saturated heterocycles. The lowest BCUT2D eigenvalue weighted by molar-refractivity contribution is 0.0785. The average molecular weight is 456 g/mol. The molecule has 10 heteroatoms. The largest absolute Gasteiger partial charge is 0.413 e. The average Bonchev–Trinajstić information content (AvgIpc) is 3.39. The van der Waals surface area contributed by atoms with Crippen LogP contribution < -0.4 is 10.1 Å². The summed E-state index contributed by atoms with van der Waals surface area (Å²) in [5, 5.41) is 12.9. The van der Waals surface area contributed by atoms with E-state index in [9.17, 15) is 14.7 Å². The van der Waals surface area contributed by atoms with Gasteiger partial charge in [0.25, 0.3) is 5.91 Å². The molecule has 4 heterocycles. The Morgan fingerprint density at radius 3 is 2.90 bits per heavy atom. The minimum Gasteiger partial charge on any atom is -0.399 e. The Hall–Kier alpha value is -1.65. The molecule has 0 spiro atoms. The van der Waals surface area contributed by atoms with Gasteiger partial charge in [-0.05, 0) is 37.2 Å². The van der Waals surface area contributed by atoms with E-state index in [2.05, 4.69) is 17.3 Å². The second kappa shape index (κ2) is 8.61. The van der Waals surface area contributed by atoms with Gasteiger partial charge in [-0.2, -0.15) is 0 Å². The molecule has 0 bridgehead atoms. The van der Waals surface area contributed by atoms with Crippen molar-refractivity contribution in [3.8, 4) is 5.06 Å². The van der Waals surface area contributed by atoms with Crippen LogP contribution >= 0.6 is 34.3 Å². The van der Waals surface area contributed by atoms with Gasteiger partial charge in [0.05, 0.1) is 15.3 Å². The van der Waals surface area contributed by atoms with E-state index in [-0.39, 0.29) is 24.5 Å². The van der Waals surface area contributed by atoms with E-state index in [0.29, 0.717) is 22.5 Å². The van der Waals surface area contributed by atoms with Crippen molar-refractivity contribution in [3.05, 3.63) is 37.9 Å². The lowest BCUT2D eigenvalue weighted by atomic mass is 10.1. The molecule has 0 radical (unpaired) electrons. The third kappa shape index (κ3) is 4.59. The third-order valence-corrected chi connectivity index (χ3v) is 7.55. The fourth-order valence-electron chi connectivity index (χ4n) is 3.72. The molecule has 1 fully saturated rings. The smallest absolute Gasteiger partial charge is 0.399 e. The normalized spacial score (nSPS) is 21.8. The number of rotatable bonds is 4. The molecule has 2 aliphatic rings. The number of hydrogen-bond acceptors (Lipinski definition) is 7. The van der Waals surface area contributed by atoms with Crippen LogP contribution in [0.5, 0.6) is 5.06 Å². The number of fused-ring (bicyclic) bond motifs is 1. The number of likely N-dealkylation sites (N-methyl/N-ethyl adjacent to an activating group) is 1. The minimum absolute atomic E-state index is 0.0480. The molecule has 156 valence electrons. The van der Waals surface area contributed by atoms with E-state index < -0.39 is 6.09 Å². The number of likely N-dealkylation sites (tertiary alicyclic amines) is 1. The molecule has 2 amide bonds. The Bertz CT molecular complexity index is 915. The first kappa shape index (κ1) is 20.6. The van der Waals surface area contributed by atoms with E-state index in [1.54, 1.807) is 28.4 Å². The van der Waals surface area contributed by atoms with E-state index in [1.165, 1.54) is 10.4 Å². The Labute approximate surface area is 181 Å². The monoisotopic (exact) mass is 455 g/mol. The zero-order valence-corrected chi connectivity index (χ0v) is 18.3. The number of halogens is 1. The summed E-state index contributed by atoms with van der Waals surface area (Å²) in [6, 6.07) is 4.90. The van der Waals surface area contributed by atoms with Crippen LogP contribution in [-0.2, 0) is 13.0 Å². The van der Waals surface area contributed by atoms with Gasteiger partial charge in [-0.25, -0.2) is 4.79 Å². The molecule has 2 aromatic rings. The predicted octanol–water partition coefficient (Wildman–Crippen LogP) is 2.67. The van der Waals surface area contributed by atoms with Gasteiger partial charge in [0.15, 0.2) is 5.06 Å². The second-order valence-corrected chi connectivity index (χ2v) is 10.2. The van der Waals surface area contributed by atoms with Crippen LogP contribution in [0.25, 0.3) is 0 Å². The highest BCUT2D eigenvalue weighted by Gasteiger charge is 2.37. The van der Waals surface area contributed by atoms with Crippen molar-refractivity contribution in [2.45, 2.75) is 19.0 Å². The number of carbonyl (C=O) groups is 2. The van der Waals surface area contributed by atoms with E-state index in [1.807, 2.05) is 6.07 Å². The first-order valence-corrected chi connectivity index (χ1v) is 11.4. The molecule has 2 aromatic heterocycles. The minimum atomic E-state index is -0.615. The van der Waals surface area contributed by atoms with Gasteiger partial charge in [0, 0.05) is 43.6 Å². The number of nitrogens with zero attached hydrogens (tertiary/aromatic N) is 2. The van der Waals surface area contributed by atoms with Crippen LogP contribution in [0.4, 0.5) is 4.79 Å². The highest BCUT2D eigenvalue weighted by molar-refractivity contribution is 7.17. The van der Waals surface area contributed by atoms with Crippen LogP contribution in [0.2, 0.25) is 4.34 Å². The van der Waals surface area contributed by atoms with E-state index >= 15 is 0 Å². The quantitative estimate of drug-likeness (QED) is 0.740. The highest BCUT2D eigenvalue weighted by Crippen LogP contribution is 2.31. The van der Waals surface area contributed by atoms with Crippen LogP contribution in [0.1, 0.15) is 20.1 Å². The van der Waals surface area contributed by atoms with Gasteiger partial charge in [0.1, 0.15) is 0 Å². The molecule has 29 heavy (non-hydrogen) atoms. The molecule has 1 unspecified atom stereocenters. The van der Waals surface area contributed by atoms with Crippen molar-refractivity contribution in [1.82, 2.24) is 15.1 Å². The number of ether oxygens (including phenoxy) is 1. The number of hydrogen-bond donors (Lipinski definition) is 2. The fourth-order valence-corrected chi connectivity index (χ4v) is 5.85. The maximum absolute atomic E-state index is 13.0. The van der Waals surface area contributed by atoms with Crippen molar-refractivity contribution in [3.63, 3.8) is 0 Å². The Morgan fingerprint density at radius 1 is 1.34 bits per heavy atom. The maximum Gasteiger partial charge on any atom is 0.413 e. The Balaban J connectivity index is 1.39. The van der Waals surface area contributed by atoms with Gasteiger partial charge >= 0.3 is 6.09 Å². The van der Waals surface area contributed by atoms with E-state index in [4.69, 9.17) is 16.3 Å². The maximum atomic E-state index is 13.0. The van der Waals surface area contributed by atoms with Crippen LogP contribution in [0.15, 0.2) is 18.2 Å². The lowest BCUT2D eigenvalue weighted by Gasteiger charge is -2.21. The van der Waals surface area contributed by atoms with Crippen molar-refractivity contribution in [1.29, 1.82) is 0 Å². The molecule has 2 aliphatic heterocycles. The first-order chi connectivity index (χ1) is 13.9. The van der Waals surface area contributed by atoms with Gasteiger partial charge < -0.3 is 25.0 Å². The Morgan fingerprint density at radius 2 is 2.17 bits per heavy atom. The standard InChI is InChI=1S/C19H22ClN3O4S2/c1-22-5-4-11-6-14(28-15(11)9-22)18(25)23-7-12(10-24)13(8-23)21-19(26)27-17-3-2-16(20)29-17/h2-3,6,12-13,24H,4-5,7-10H2,1H3,(H,21,26)/t12?,13-/m0/s1. The molecule has 4 rings (SSSR count). The molecule has 0 aliphatic carbocycles. The molecule has 0 saturated carbocycles. The van der Waals surface area contributed by atoms with Crippen LogP contribution in [0, 0.1) is 5.92 Å². The van der Waals surface area contributed by atoms with Crippen molar-refractivity contribution < 1.29 is 19.4 Å². The Kier molecular flexibility index (Phi) is 6.12. The van der Waals surface area contributed by atoms with Crippen molar-refractivity contribution >= 4 is 46.3 Å². The number of nitrogens with one attached hydrogen (secondary N) is 1. The second-order valence-electron chi connectivity index (χ2n) is 7.40. The van der Waals surface area contributed by atoms with E-state index in [0.717, 1.165) is 35.7 Å². The topological polar surface area (TPSA) is 82.1 Å². The first-order valence-electron chi connectivity index (χ1n) is 9.37. The van der Waals surface area contributed by atoms with Crippen LogP contribution in [0.3, 0.4) is 0 Å². The van der Waals surface area contributed by atoms with Gasteiger partial charge in [-0.1, -0.05) is 22.9 Å². The molecule has 7 nitrogen and oxygen atoms in total. The zero-order chi connectivity index (χ0) is 20.5. The third-order valence-electron chi connectivity index (χ3n) is 5.29.